The molecule has 1 aliphatic heterocycles. The van der Waals surface area contributed by atoms with Crippen LogP contribution in [0, 0.1) is 0 Å². The van der Waals surface area contributed by atoms with Crippen LogP contribution in [0.1, 0.15) is 20.3 Å². The maximum Gasteiger partial charge on any atom is 0.163 e. The quantitative estimate of drug-likeness (QED) is 0.497. The zero-order valence-corrected chi connectivity index (χ0v) is 10.8. The second kappa shape index (κ2) is 6.63. The van der Waals surface area contributed by atoms with Crippen LogP contribution in [0.2, 0.25) is 0 Å². The van der Waals surface area contributed by atoms with Crippen molar-refractivity contribution in [3.8, 4) is 0 Å². The zero-order chi connectivity index (χ0) is 12.9. The Morgan fingerprint density at radius 3 is 2.53 bits per heavy atom. The Morgan fingerprint density at radius 1 is 1.29 bits per heavy atom. The van der Waals surface area contributed by atoms with Crippen LogP contribution in [0.4, 0.5) is 0 Å². The minimum absolute atomic E-state index is 0.0694. The van der Waals surface area contributed by atoms with Gasteiger partial charge in [0.1, 0.15) is 6.10 Å². The van der Waals surface area contributed by atoms with E-state index in [1.54, 1.807) is 7.05 Å². The van der Waals surface area contributed by atoms with Gasteiger partial charge in [-0.15, -0.1) is 0 Å². The highest BCUT2D eigenvalue weighted by Gasteiger charge is 2.40. The van der Waals surface area contributed by atoms with Crippen molar-refractivity contribution < 1.29 is 24.5 Å². The summed E-state index contributed by atoms with van der Waals surface area (Å²) >= 11 is 0. The monoisotopic (exact) mass is 249 g/mol. The molecule has 0 aromatic rings. The van der Waals surface area contributed by atoms with Gasteiger partial charge in [0.2, 0.25) is 0 Å². The van der Waals surface area contributed by atoms with E-state index in [2.05, 4.69) is 0 Å². The van der Waals surface area contributed by atoms with Crippen LogP contribution in [0.25, 0.3) is 0 Å². The van der Waals surface area contributed by atoms with E-state index in [1.807, 2.05) is 13.8 Å². The Kier molecular flexibility index (Phi) is 5.78. The molecule has 6 nitrogen and oxygen atoms in total. The third kappa shape index (κ3) is 5.29. The Balaban J connectivity index is 2.29. The summed E-state index contributed by atoms with van der Waals surface area (Å²) in [6, 6.07) is 0. The van der Waals surface area contributed by atoms with Crippen molar-refractivity contribution in [2.75, 3.05) is 33.4 Å². The van der Waals surface area contributed by atoms with Gasteiger partial charge < -0.3 is 24.5 Å². The molecule has 2 N–H and O–H groups in total. The SMILES string of the molecule is CN(O)CCOC[C@H]1OC(C)(C)O[C@H]1CCO. The standard InChI is InChI=1S/C11H23NO5/c1-11(2)16-9(4-6-13)10(17-11)8-15-7-5-12(3)14/h9-10,13-14H,4-8H2,1-3H3/t9-,10+/m0/s1. The van der Waals surface area contributed by atoms with Crippen molar-refractivity contribution in [2.45, 2.75) is 38.3 Å². The number of aliphatic hydroxyl groups excluding tert-OH is 1. The Labute approximate surface area is 102 Å². The van der Waals surface area contributed by atoms with Gasteiger partial charge in [-0.05, 0) is 20.3 Å². The van der Waals surface area contributed by atoms with Crippen LogP contribution >= 0.6 is 0 Å². The Morgan fingerprint density at radius 2 is 1.94 bits per heavy atom. The van der Waals surface area contributed by atoms with Crippen molar-refractivity contribution in [2.24, 2.45) is 0 Å². The van der Waals surface area contributed by atoms with Crippen LogP contribution in [-0.4, -0.2) is 66.8 Å². The molecule has 17 heavy (non-hydrogen) atoms. The largest absolute Gasteiger partial charge is 0.396 e. The van der Waals surface area contributed by atoms with Crippen molar-refractivity contribution in [3.63, 3.8) is 0 Å². The number of aliphatic hydroxyl groups is 1. The third-order valence-electron chi connectivity index (χ3n) is 2.54. The number of ether oxygens (including phenoxy) is 3. The molecule has 1 heterocycles. The smallest absolute Gasteiger partial charge is 0.163 e. The third-order valence-corrected chi connectivity index (χ3v) is 2.54. The number of nitrogens with zero attached hydrogens (tertiary/aromatic N) is 1. The summed E-state index contributed by atoms with van der Waals surface area (Å²) in [4.78, 5) is 0. The lowest BCUT2D eigenvalue weighted by atomic mass is 10.1. The van der Waals surface area contributed by atoms with Gasteiger partial charge in [0.15, 0.2) is 5.79 Å². The maximum atomic E-state index is 8.94. The first kappa shape index (κ1) is 14.8. The number of rotatable bonds is 7. The fourth-order valence-electron chi connectivity index (χ4n) is 1.82. The lowest BCUT2D eigenvalue weighted by Crippen LogP contribution is -2.30. The van der Waals surface area contributed by atoms with Gasteiger partial charge in [-0.3, -0.25) is 0 Å². The lowest BCUT2D eigenvalue weighted by molar-refractivity contribution is -0.152. The van der Waals surface area contributed by atoms with E-state index in [9.17, 15) is 0 Å². The van der Waals surface area contributed by atoms with Crippen LogP contribution in [0.15, 0.2) is 0 Å². The first-order valence-electron chi connectivity index (χ1n) is 5.89. The molecular weight excluding hydrogens is 226 g/mol. The summed E-state index contributed by atoms with van der Waals surface area (Å²) in [5, 5.41) is 18.9. The van der Waals surface area contributed by atoms with E-state index < -0.39 is 5.79 Å². The van der Waals surface area contributed by atoms with Gasteiger partial charge in [-0.2, -0.15) is 5.06 Å². The van der Waals surface area contributed by atoms with Crippen LogP contribution in [0.3, 0.4) is 0 Å². The molecule has 0 aromatic heterocycles. The molecule has 0 amide bonds. The second-order valence-corrected chi connectivity index (χ2v) is 4.68. The molecule has 1 rings (SSSR count). The molecule has 102 valence electrons. The minimum atomic E-state index is -0.623. The Bertz CT molecular complexity index is 222. The van der Waals surface area contributed by atoms with Crippen molar-refractivity contribution in [1.29, 1.82) is 0 Å². The molecular formula is C11H23NO5. The minimum Gasteiger partial charge on any atom is -0.396 e. The molecule has 0 spiro atoms. The summed E-state index contributed by atoms with van der Waals surface area (Å²) < 4.78 is 16.8. The van der Waals surface area contributed by atoms with Crippen molar-refractivity contribution in [3.05, 3.63) is 0 Å². The van der Waals surface area contributed by atoms with Crippen molar-refractivity contribution >= 4 is 0 Å². The fraction of sp³-hybridized carbons (Fsp3) is 1.00. The molecule has 0 aromatic carbocycles. The van der Waals surface area contributed by atoms with Crippen LogP contribution < -0.4 is 0 Å². The highest BCUT2D eigenvalue weighted by Crippen LogP contribution is 2.29. The Hall–Kier alpha value is -0.240. The highest BCUT2D eigenvalue weighted by molar-refractivity contribution is 4.81. The van der Waals surface area contributed by atoms with Crippen LogP contribution in [0.5, 0.6) is 0 Å². The van der Waals surface area contributed by atoms with Gasteiger partial charge in [-0.25, -0.2) is 0 Å². The number of hydrogen-bond donors (Lipinski definition) is 2. The average molecular weight is 249 g/mol. The predicted molar refractivity (Wildman–Crippen MR) is 60.8 cm³/mol. The number of hydrogen-bond acceptors (Lipinski definition) is 6. The van der Waals surface area contributed by atoms with Gasteiger partial charge in [0.25, 0.3) is 0 Å². The first-order chi connectivity index (χ1) is 7.94. The van der Waals surface area contributed by atoms with Crippen molar-refractivity contribution in [1.82, 2.24) is 5.06 Å². The molecule has 1 fully saturated rings. The normalized spacial score (nSPS) is 27.9. The van der Waals surface area contributed by atoms with Gasteiger partial charge in [0.05, 0.1) is 19.3 Å². The average Bonchev–Trinajstić information content (AvgIpc) is 2.49. The van der Waals surface area contributed by atoms with Gasteiger partial charge >= 0.3 is 0 Å². The van der Waals surface area contributed by atoms with E-state index in [1.165, 1.54) is 0 Å². The molecule has 0 unspecified atom stereocenters. The fourth-order valence-corrected chi connectivity index (χ4v) is 1.82. The molecule has 2 atom stereocenters. The zero-order valence-electron chi connectivity index (χ0n) is 10.8. The lowest BCUT2D eigenvalue weighted by Gasteiger charge is -2.17. The molecule has 0 radical (unpaired) electrons. The maximum absolute atomic E-state index is 8.94. The van der Waals surface area contributed by atoms with Crippen LogP contribution in [-0.2, 0) is 14.2 Å². The van der Waals surface area contributed by atoms with E-state index in [0.29, 0.717) is 26.2 Å². The van der Waals surface area contributed by atoms with E-state index in [4.69, 9.17) is 24.5 Å². The molecule has 0 aliphatic carbocycles. The molecule has 1 aliphatic rings. The summed E-state index contributed by atoms with van der Waals surface area (Å²) in [6.45, 7) is 5.04. The van der Waals surface area contributed by atoms with Gasteiger partial charge in [-0.1, -0.05) is 0 Å². The molecule has 6 heteroatoms. The summed E-state index contributed by atoms with van der Waals surface area (Å²) in [7, 11) is 1.57. The van der Waals surface area contributed by atoms with E-state index >= 15 is 0 Å². The number of hydroxylamine groups is 2. The topological polar surface area (TPSA) is 71.4 Å². The summed E-state index contributed by atoms with van der Waals surface area (Å²) in [5.41, 5.74) is 0. The summed E-state index contributed by atoms with van der Waals surface area (Å²) in [5.74, 6) is -0.623. The first-order valence-corrected chi connectivity index (χ1v) is 5.89. The molecule has 1 saturated heterocycles. The van der Waals surface area contributed by atoms with E-state index in [0.717, 1.165) is 5.06 Å². The van der Waals surface area contributed by atoms with Gasteiger partial charge in [0, 0.05) is 20.2 Å². The summed E-state index contributed by atoms with van der Waals surface area (Å²) in [6.07, 6.45) is 0.236. The second-order valence-electron chi connectivity index (χ2n) is 4.68. The number of likely N-dealkylation sites (N-methyl/N-ethyl adjacent to an activating group) is 1. The highest BCUT2D eigenvalue weighted by atomic mass is 16.8. The van der Waals surface area contributed by atoms with E-state index in [-0.39, 0.29) is 18.8 Å². The predicted octanol–water partition coefficient (Wildman–Crippen LogP) is 0.227. The molecule has 0 saturated carbocycles. The molecule has 0 bridgehead atoms.